The summed E-state index contributed by atoms with van der Waals surface area (Å²) in [5.41, 5.74) is 4.35. The summed E-state index contributed by atoms with van der Waals surface area (Å²) in [4.78, 5) is 9.29. The summed E-state index contributed by atoms with van der Waals surface area (Å²) in [6.45, 7) is 0. The van der Waals surface area contributed by atoms with Gasteiger partial charge in [-0.2, -0.15) is 0 Å². The molecule has 2 heteroatoms. The van der Waals surface area contributed by atoms with Crippen LogP contribution < -0.4 is 5.73 Å². The van der Waals surface area contributed by atoms with Crippen LogP contribution in [0.15, 0.2) is 0 Å². The maximum atomic E-state index is 9.29. The first-order chi connectivity index (χ1) is 2.27. The predicted octanol–water partition coefficient (Wildman–Crippen LogP) is -0.939. The molecule has 25 valence electrons. The Morgan fingerprint density at radius 1 is 2.00 bits per heavy atom. The summed E-state index contributed by atoms with van der Waals surface area (Å²) in [5.74, 6) is 0.588. The molecule has 1 radical (unpaired) electrons. The third-order valence-corrected chi connectivity index (χ3v) is 0.123. The molecule has 0 rings (SSSR count). The van der Waals surface area contributed by atoms with E-state index in [4.69, 9.17) is 6.42 Å². The number of amides is 1. The molecule has 0 aliphatic rings. The van der Waals surface area contributed by atoms with Crippen molar-refractivity contribution in [2.24, 2.45) is 5.73 Å². The molecule has 0 aliphatic carbocycles. The van der Waals surface area contributed by atoms with E-state index in [0.717, 1.165) is 0 Å². The summed E-state index contributed by atoms with van der Waals surface area (Å²) >= 11 is 0. The van der Waals surface area contributed by atoms with Crippen LogP contribution in [0.2, 0.25) is 0 Å². The van der Waals surface area contributed by atoms with Crippen molar-refractivity contribution >= 4 is 5.91 Å². The van der Waals surface area contributed by atoms with Crippen LogP contribution in [-0.2, 0) is 4.79 Å². The molecule has 0 aromatic heterocycles. The van der Waals surface area contributed by atoms with E-state index in [2.05, 4.69) is 5.73 Å². The van der Waals surface area contributed by atoms with E-state index in [1.807, 2.05) is 0 Å². The number of primary amides is 1. The van der Waals surface area contributed by atoms with Crippen LogP contribution in [0.3, 0.4) is 0 Å². The standard InChI is InChI=1S/C3H2NO/c1-2-3(4)5/h(H2,4,5). The zero-order valence-corrected chi connectivity index (χ0v) is 2.49. The van der Waals surface area contributed by atoms with E-state index in [0.29, 0.717) is 0 Å². The molecule has 2 N–H and O–H groups in total. The summed E-state index contributed by atoms with van der Waals surface area (Å²) < 4.78 is 0. The normalized spacial score (nSPS) is 5.40. The summed E-state index contributed by atoms with van der Waals surface area (Å²) in [5, 5.41) is 0. The number of carbonyl (C=O) groups is 1. The second-order valence-corrected chi connectivity index (χ2v) is 0.489. The van der Waals surface area contributed by atoms with Crippen LogP contribution in [0, 0.1) is 12.3 Å². The highest BCUT2D eigenvalue weighted by molar-refractivity contribution is 5.90. The van der Waals surface area contributed by atoms with Gasteiger partial charge in [0.25, 0.3) is 5.91 Å². The van der Waals surface area contributed by atoms with Gasteiger partial charge < -0.3 is 5.73 Å². The first-order valence-electron chi connectivity index (χ1n) is 0.993. The van der Waals surface area contributed by atoms with Gasteiger partial charge in [-0.1, -0.05) is 0 Å². The Morgan fingerprint density at radius 2 is 2.20 bits per heavy atom. The largest absolute Gasteiger partial charge is 0.359 e. The molecule has 2 nitrogen and oxygen atoms in total. The molecule has 0 saturated heterocycles. The van der Waals surface area contributed by atoms with E-state index < -0.39 is 5.91 Å². The van der Waals surface area contributed by atoms with Crippen molar-refractivity contribution < 1.29 is 4.79 Å². The van der Waals surface area contributed by atoms with E-state index in [1.165, 1.54) is 5.92 Å². The fourth-order valence-electron chi connectivity index (χ4n) is 0. The van der Waals surface area contributed by atoms with Gasteiger partial charge in [-0.3, -0.25) is 4.79 Å². The summed E-state index contributed by atoms with van der Waals surface area (Å²) in [7, 11) is 0. The average molecular weight is 68.1 g/mol. The maximum Gasteiger partial charge on any atom is 0.294 e. The quantitative estimate of drug-likeness (QED) is 0.366. The molecule has 0 saturated carbocycles. The lowest BCUT2D eigenvalue weighted by Crippen LogP contribution is -2.04. The van der Waals surface area contributed by atoms with Crippen LogP contribution in [0.4, 0.5) is 0 Å². The highest BCUT2D eigenvalue weighted by atomic mass is 16.1. The molecular weight excluding hydrogens is 66.0 g/mol. The van der Waals surface area contributed by atoms with Crippen LogP contribution in [-0.4, -0.2) is 5.91 Å². The van der Waals surface area contributed by atoms with Crippen molar-refractivity contribution in [1.82, 2.24) is 0 Å². The van der Waals surface area contributed by atoms with Gasteiger partial charge >= 0.3 is 0 Å². The fourth-order valence-corrected chi connectivity index (χ4v) is 0. The Labute approximate surface area is 30.0 Å². The van der Waals surface area contributed by atoms with Crippen molar-refractivity contribution in [1.29, 1.82) is 0 Å². The molecule has 0 aromatic carbocycles. The van der Waals surface area contributed by atoms with Gasteiger partial charge in [-0.25, -0.2) is 0 Å². The first kappa shape index (κ1) is 4.03. The van der Waals surface area contributed by atoms with E-state index >= 15 is 0 Å². The zero-order chi connectivity index (χ0) is 4.28. The molecule has 0 aromatic rings. The molecular formula is C3H2NO. The molecule has 0 spiro atoms. The van der Waals surface area contributed by atoms with Crippen LogP contribution in [0.25, 0.3) is 0 Å². The smallest absolute Gasteiger partial charge is 0.294 e. The molecule has 0 fully saturated rings. The SMILES string of the molecule is [C]#CC(N)=O. The van der Waals surface area contributed by atoms with Crippen LogP contribution >= 0.6 is 0 Å². The predicted molar refractivity (Wildman–Crippen MR) is 16.3 cm³/mol. The molecule has 0 aliphatic heterocycles. The van der Waals surface area contributed by atoms with Crippen molar-refractivity contribution in [2.45, 2.75) is 0 Å². The van der Waals surface area contributed by atoms with E-state index in [1.54, 1.807) is 0 Å². The topological polar surface area (TPSA) is 43.1 Å². The lowest BCUT2D eigenvalue weighted by Gasteiger charge is -1.60. The van der Waals surface area contributed by atoms with Gasteiger partial charge in [0.2, 0.25) is 0 Å². The minimum atomic E-state index is -0.829. The van der Waals surface area contributed by atoms with Crippen molar-refractivity contribution in [2.75, 3.05) is 0 Å². The molecule has 0 atom stereocenters. The maximum absolute atomic E-state index is 9.29. The second kappa shape index (κ2) is 1.36. The highest BCUT2D eigenvalue weighted by Gasteiger charge is 1.70. The Bertz CT molecular complexity index is 79.4. The first-order valence-corrected chi connectivity index (χ1v) is 0.993. The minimum absolute atomic E-state index is 0.829. The molecule has 0 bridgehead atoms. The third-order valence-electron chi connectivity index (χ3n) is 0.123. The van der Waals surface area contributed by atoms with Gasteiger partial charge in [0.05, 0.1) is 0 Å². The monoisotopic (exact) mass is 68.0 g/mol. The Kier molecular flexibility index (Phi) is 1.10. The van der Waals surface area contributed by atoms with Crippen LogP contribution in [0.5, 0.6) is 0 Å². The Balaban J connectivity index is 3.35. The Morgan fingerprint density at radius 3 is 2.20 bits per heavy atom. The highest BCUT2D eigenvalue weighted by Crippen LogP contribution is 1.37. The van der Waals surface area contributed by atoms with Gasteiger partial charge in [-0.15, -0.1) is 0 Å². The molecule has 1 amide bonds. The third kappa shape index (κ3) is 3.03. The van der Waals surface area contributed by atoms with Crippen LogP contribution in [0.1, 0.15) is 0 Å². The number of hydrogen-bond acceptors (Lipinski definition) is 1. The number of rotatable bonds is 0. The van der Waals surface area contributed by atoms with Gasteiger partial charge in [0, 0.05) is 5.92 Å². The fraction of sp³-hybridized carbons (Fsp3) is 0. The summed E-state index contributed by atoms with van der Waals surface area (Å²) in [6, 6.07) is 0. The van der Waals surface area contributed by atoms with Gasteiger partial charge in [0.15, 0.2) is 0 Å². The van der Waals surface area contributed by atoms with Gasteiger partial charge in [0.1, 0.15) is 0 Å². The number of carbonyl (C=O) groups excluding carboxylic acids is 1. The van der Waals surface area contributed by atoms with Crippen molar-refractivity contribution in [3.63, 3.8) is 0 Å². The molecule has 0 unspecified atom stereocenters. The van der Waals surface area contributed by atoms with E-state index in [9.17, 15) is 4.79 Å². The van der Waals surface area contributed by atoms with E-state index in [-0.39, 0.29) is 0 Å². The lowest BCUT2D eigenvalue weighted by molar-refractivity contribution is -0.112. The van der Waals surface area contributed by atoms with Gasteiger partial charge in [-0.05, 0) is 6.42 Å². The average Bonchev–Trinajstić information content (AvgIpc) is 1.38. The van der Waals surface area contributed by atoms with Crippen molar-refractivity contribution in [3.05, 3.63) is 6.42 Å². The number of nitrogens with two attached hydrogens (primary N) is 1. The Hall–Kier alpha value is -0.970. The zero-order valence-electron chi connectivity index (χ0n) is 2.49. The molecule has 0 heterocycles. The summed E-state index contributed by atoms with van der Waals surface area (Å²) in [6.07, 6.45) is 5.93. The van der Waals surface area contributed by atoms with Crippen molar-refractivity contribution in [3.8, 4) is 5.92 Å². The second-order valence-electron chi connectivity index (χ2n) is 0.489. The number of hydrogen-bond donors (Lipinski definition) is 1. The lowest BCUT2D eigenvalue weighted by atomic mass is 10.7. The minimum Gasteiger partial charge on any atom is -0.359 e. The molecule has 5 heavy (non-hydrogen) atoms.